The van der Waals surface area contributed by atoms with Crippen LogP contribution in [-0.2, 0) is 4.79 Å². The van der Waals surface area contributed by atoms with Crippen molar-refractivity contribution < 1.29 is 19.4 Å². The molecule has 1 fully saturated rings. The molecule has 1 heterocycles. The van der Waals surface area contributed by atoms with Gasteiger partial charge in [-0.25, -0.2) is 0 Å². The number of rotatable bonds is 2. The molecule has 4 unspecified atom stereocenters. The first-order valence-electron chi connectivity index (χ1n) is 7.56. The van der Waals surface area contributed by atoms with Crippen LogP contribution in [-0.4, -0.2) is 35.4 Å². The van der Waals surface area contributed by atoms with Crippen molar-refractivity contribution in [1.29, 1.82) is 0 Å². The molecule has 5 nitrogen and oxygen atoms in total. The predicted octanol–water partition coefficient (Wildman–Crippen LogP) is 1.63. The van der Waals surface area contributed by atoms with Crippen LogP contribution in [0.1, 0.15) is 32.6 Å². The Bertz CT molecular complexity index is 519. The highest BCUT2D eigenvalue weighted by Crippen LogP contribution is 2.33. The first kappa shape index (κ1) is 14.2. The lowest BCUT2D eigenvalue weighted by atomic mass is 9.92. The molecule has 1 aromatic rings. The van der Waals surface area contributed by atoms with Crippen LogP contribution in [0, 0.1) is 0 Å². The minimum absolute atomic E-state index is 0.181. The zero-order valence-electron chi connectivity index (χ0n) is 12.1. The summed E-state index contributed by atoms with van der Waals surface area (Å²) in [6.07, 6.45) is 2.09. The summed E-state index contributed by atoms with van der Waals surface area (Å²) in [4.78, 5) is 12.4. The minimum atomic E-state index is -0.686. The van der Waals surface area contributed by atoms with E-state index in [1.165, 1.54) is 0 Å². The Labute approximate surface area is 124 Å². The highest BCUT2D eigenvalue weighted by atomic mass is 16.6. The highest BCUT2D eigenvalue weighted by Gasteiger charge is 2.36. The number of aliphatic hydroxyl groups is 1. The molecule has 114 valence electrons. The number of ether oxygens (including phenoxy) is 2. The van der Waals surface area contributed by atoms with Gasteiger partial charge < -0.3 is 19.9 Å². The number of carbonyl (C=O) groups is 1. The lowest BCUT2D eigenvalue weighted by Gasteiger charge is -2.34. The van der Waals surface area contributed by atoms with E-state index in [-0.39, 0.29) is 18.1 Å². The summed E-state index contributed by atoms with van der Waals surface area (Å²) in [5, 5.41) is 12.9. The minimum Gasteiger partial charge on any atom is -0.482 e. The molecule has 1 aromatic carbocycles. The number of nitrogens with one attached hydrogen (secondary N) is 1. The number of fused-ring (bicyclic) bond motifs is 1. The van der Waals surface area contributed by atoms with Crippen LogP contribution in [0.25, 0.3) is 0 Å². The van der Waals surface area contributed by atoms with Gasteiger partial charge in [0.1, 0.15) is 6.10 Å². The van der Waals surface area contributed by atoms with E-state index in [0.717, 1.165) is 25.7 Å². The van der Waals surface area contributed by atoms with Crippen molar-refractivity contribution in [3.05, 3.63) is 24.3 Å². The zero-order valence-corrected chi connectivity index (χ0v) is 12.1. The van der Waals surface area contributed by atoms with Crippen molar-refractivity contribution in [2.75, 3.05) is 0 Å². The first-order chi connectivity index (χ1) is 10.1. The van der Waals surface area contributed by atoms with Gasteiger partial charge in [0.05, 0.1) is 12.1 Å². The number of para-hydroxylation sites is 2. The Balaban J connectivity index is 1.67. The van der Waals surface area contributed by atoms with Gasteiger partial charge in [-0.1, -0.05) is 25.0 Å². The topological polar surface area (TPSA) is 67.8 Å². The maximum atomic E-state index is 12.4. The van der Waals surface area contributed by atoms with Crippen LogP contribution in [0.15, 0.2) is 24.3 Å². The average Bonchev–Trinajstić information content (AvgIpc) is 2.49. The van der Waals surface area contributed by atoms with E-state index in [1.807, 2.05) is 25.1 Å². The number of hydrogen-bond donors (Lipinski definition) is 2. The van der Waals surface area contributed by atoms with E-state index in [0.29, 0.717) is 11.5 Å². The molecular weight excluding hydrogens is 270 g/mol. The fourth-order valence-corrected chi connectivity index (χ4v) is 2.95. The molecule has 0 saturated heterocycles. The highest BCUT2D eigenvalue weighted by molar-refractivity contribution is 5.82. The number of hydrogen-bond acceptors (Lipinski definition) is 4. The molecule has 5 heteroatoms. The van der Waals surface area contributed by atoms with Crippen LogP contribution in [0.3, 0.4) is 0 Å². The summed E-state index contributed by atoms with van der Waals surface area (Å²) in [5.41, 5.74) is 0. The second-order valence-electron chi connectivity index (χ2n) is 5.78. The van der Waals surface area contributed by atoms with E-state index in [1.54, 1.807) is 6.07 Å². The fraction of sp³-hybridized carbons (Fsp3) is 0.562. The van der Waals surface area contributed by atoms with E-state index in [2.05, 4.69) is 5.32 Å². The molecule has 1 aliphatic heterocycles. The van der Waals surface area contributed by atoms with Gasteiger partial charge in [-0.3, -0.25) is 4.79 Å². The van der Waals surface area contributed by atoms with E-state index in [4.69, 9.17) is 9.47 Å². The van der Waals surface area contributed by atoms with E-state index in [9.17, 15) is 9.90 Å². The molecule has 1 amide bonds. The molecule has 1 aliphatic carbocycles. The largest absolute Gasteiger partial charge is 0.482 e. The Hall–Kier alpha value is -1.75. The molecule has 0 radical (unpaired) electrons. The molecule has 4 atom stereocenters. The third kappa shape index (κ3) is 2.97. The summed E-state index contributed by atoms with van der Waals surface area (Å²) < 4.78 is 11.5. The van der Waals surface area contributed by atoms with Crippen LogP contribution in [0.4, 0.5) is 0 Å². The summed E-state index contributed by atoms with van der Waals surface area (Å²) in [6, 6.07) is 7.15. The van der Waals surface area contributed by atoms with Gasteiger partial charge in [0.15, 0.2) is 11.5 Å². The third-order valence-corrected chi connectivity index (χ3v) is 4.16. The number of aliphatic hydroxyl groups excluding tert-OH is 1. The van der Waals surface area contributed by atoms with Gasteiger partial charge in [-0.05, 0) is 31.9 Å². The van der Waals surface area contributed by atoms with Crippen molar-refractivity contribution in [2.45, 2.75) is 57.0 Å². The van der Waals surface area contributed by atoms with Crippen molar-refractivity contribution >= 4 is 5.91 Å². The molecular formula is C16H21NO4. The molecule has 0 spiro atoms. The predicted molar refractivity (Wildman–Crippen MR) is 77.4 cm³/mol. The quantitative estimate of drug-likeness (QED) is 0.869. The van der Waals surface area contributed by atoms with E-state index < -0.39 is 12.2 Å². The monoisotopic (exact) mass is 291 g/mol. The van der Waals surface area contributed by atoms with Gasteiger partial charge in [-0.15, -0.1) is 0 Å². The maximum Gasteiger partial charge on any atom is 0.265 e. The van der Waals surface area contributed by atoms with Gasteiger partial charge in [-0.2, -0.15) is 0 Å². The van der Waals surface area contributed by atoms with Gasteiger partial charge in [0.2, 0.25) is 6.10 Å². The number of carbonyl (C=O) groups excluding carboxylic acids is 1. The summed E-state index contributed by atoms with van der Waals surface area (Å²) in [5.74, 6) is 1.02. The molecule has 0 bridgehead atoms. The van der Waals surface area contributed by atoms with Crippen LogP contribution in [0.5, 0.6) is 11.5 Å². The lowest BCUT2D eigenvalue weighted by molar-refractivity contribution is -0.135. The number of benzene rings is 1. The molecule has 2 aliphatic rings. The number of amides is 1. The van der Waals surface area contributed by atoms with Gasteiger partial charge in [0, 0.05) is 0 Å². The first-order valence-corrected chi connectivity index (χ1v) is 7.56. The normalized spacial score (nSPS) is 31.5. The zero-order chi connectivity index (χ0) is 14.8. The molecule has 1 saturated carbocycles. The SMILES string of the molecule is CC1Oc2ccccc2OC1C(=O)NC1CCCCC1O. The van der Waals surface area contributed by atoms with Crippen LogP contribution in [0.2, 0.25) is 0 Å². The molecule has 0 aromatic heterocycles. The van der Waals surface area contributed by atoms with Crippen molar-refractivity contribution in [2.24, 2.45) is 0 Å². The van der Waals surface area contributed by atoms with Crippen molar-refractivity contribution in [1.82, 2.24) is 5.32 Å². The molecule has 3 rings (SSSR count). The third-order valence-electron chi connectivity index (χ3n) is 4.16. The average molecular weight is 291 g/mol. The van der Waals surface area contributed by atoms with Crippen LogP contribution < -0.4 is 14.8 Å². The Kier molecular flexibility index (Phi) is 4.01. The summed E-state index contributed by atoms with van der Waals surface area (Å²) in [7, 11) is 0. The van der Waals surface area contributed by atoms with Crippen molar-refractivity contribution in [3.8, 4) is 11.5 Å². The maximum absolute atomic E-state index is 12.4. The fourth-order valence-electron chi connectivity index (χ4n) is 2.95. The lowest BCUT2D eigenvalue weighted by Crippen LogP contribution is -2.54. The summed E-state index contributed by atoms with van der Waals surface area (Å²) in [6.45, 7) is 1.82. The summed E-state index contributed by atoms with van der Waals surface area (Å²) >= 11 is 0. The van der Waals surface area contributed by atoms with Crippen LogP contribution >= 0.6 is 0 Å². The second kappa shape index (κ2) is 5.93. The standard InChI is InChI=1S/C16H21NO4/c1-10-15(21-14-9-5-4-8-13(14)20-10)16(19)17-11-6-2-3-7-12(11)18/h4-5,8-12,15,18H,2-3,6-7H2,1H3,(H,17,19). The molecule has 2 N–H and O–H groups in total. The Morgan fingerprint density at radius 1 is 1.19 bits per heavy atom. The second-order valence-corrected chi connectivity index (χ2v) is 5.78. The van der Waals surface area contributed by atoms with Gasteiger partial charge >= 0.3 is 0 Å². The molecule has 21 heavy (non-hydrogen) atoms. The smallest absolute Gasteiger partial charge is 0.265 e. The Morgan fingerprint density at radius 2 is 1.86 bits per heavy atom. The Morgan fingerprint density at radius 3 is 2.57 bits per heavy atom. The van der Waals surface area contributed by atoms with Gasteiger partial charge in [0.25, 0.3) is 5.91 Å². The van der Waals surface area contributed by atoms with E-state index >= 15 is 0 Å². The van der Waals surface area contributed by atoms with Crippen molar-refractivity contribution in [3.63, 3.8) is 0 Å².